The van der Waals surface area contributed by atoms with E-state index < -0.39 is 0 Å². The summed E-state index contributed by atoms with van der Waals surface area (Å²) in [5, 5.41) is 0. The van der Waals surface area contributed by atoms with Gasteiger partial charge in [0, 0.05) is 19.3 Å². The summed E-state index contributed by atoms with van der Waals surface area (Å²) in [4.78, 5) is 26.7. The molecule has 2 aromatic heterocycles. The molecule has 7 heteroatoms. The summed E-state index contributed by atoms with van der Waals surface area (Å²) in [7, 11) is 0. The van der Waals surface area contributed by atoms with E-state index >= 15 is 0 Å². The van der Waals surface area contributed by atoms with Crippen molar-refractivity contribution in [3.63, 3.8) is 0 Å². The normalized spacial score (nSPS) is 14.4. The minimum Gasteiger partial charge on any atom is -0.477 e. The van der Waals surface area contributed by atoms with Gasteiger partial charge in [-0.25, -0.2) is 4.98 Å². The molecule has 0 aliphatic carbocycles. The molecule has 0 bridgehead atoms. The van der Waals surface area contributed by atoms with Crippen molar-refractivity contribution in [1.82, 2.24) is 24.4 Å². The van der Waals surface area contributed by atoms with Crippen LogP contribution in [0.15, 0.2) is 24.9 Å². The zero-order chi connectivity index (χ0) is 14.7. The molecule has 0 spiro atoms. The maximum Gasteiger partial charge on any atom is 0.274 e. The highest BCUT2D eigenvalue weighted by Crippen LogP contribution is 2.14. The Kier molecular flexibility index (Phi) is 3.81. The first-order chi connectivity index (χ1) is 10.3. The number of imidazole rings is 1. The number of carbonyl (C=O) groups excluding carboxylic acids is 1. The third-order valence-electron chi connectivity index (χ3n) is 3.35. The van der Waals surface area contributed by atoms with Crippen molar-refractivity contribution in [3.8, 4) is 11.7 Å². The Morgan fingerprint density at radius 2 is 2.14 bits per heavy atom. The molecule has 3 rings (SSSR count). The van der Waals surface area contributed by atoms with E-state index in [4.69, 9.17) is 4.74 Å². The molecule has 0 unspecified atom stereocenters. The predicted octanol–water partition coefficient (Wildman–Crippen LogP) is 1.30. The van der Waals surface area contributed by atoms with Crippen LogP contribution in [-0.2, 0) is 0 Å². The Bertz CT molecular complexity index is 634. The number of rotatable bonds is 4. The zero-order valence-electron chi connectivity index (χ0n) is 11.9. The van der Waals surface area contributed by atoms with Crippen LogP contribution in [0.1, 0.15) is 30.3 Å². The summed E-state index contributed by atoms with van der Waals surface area (Å²) in [6.45, 7) is 4.04. The highest BCUT2D eigenvalue weighted by Gasteiger charge is 2.21. The van der Waals surface area contributed by atoms with Crippen molar-refractivity contribution in [2.45, 2.75) is 19.8 Å². The molecule has 1 saturated heterocycles. The first-order valence-electron chi connectivity index (χ1n) is 7.06. The van der Waals surface area contributed by atoms with Gasteiger partial charge in [-0.05, 0) is 19.8 Å². The van der Waals surface area contributed by atoms with Crippen molar-refractivity contribution in [2.75, 3.05) is 19.7 Å². The molecule has 1 aliphatic rings. The second-order valence-corrected chi connectivity index (χ2v) is 4.81. The zero-order valence-corrected chi connectivity index (χ0v) is 11.9. The minimum absolute atomic E-state index is 0.0276. The van der Waals surface area contributed by atoms with Crippen molar-refractivity contribution in [2.24, 2.45) is 0 Å². The number of nitrogens with zero attached hydrogens (tertiary/aromatic N) is 5. The molecule has 0 aromatic carbocycles. The number of hydrogen-bond acceptors (Lipinski definition) is 5. The van der Waals surface area contributed by atoms with Crippen LogP contribution >= 0.6 is 0 Å². The smallest absolute Gasteiger partial charge is 0.274 e. The van der Waals surface area contributed by atoms with E-state index in [0.29, 0.717) is 24.0 Å². The van der Waals surface area contributed by atoms with Gasteiger partial charge >= 0.3 is 0 Å². The maximum atomic E-state index is 12.3. The lowest BCUT2D eigenvalue weighted by Crippen LogP contribution is -2.27. The number of hydrogen-bond donors (Lipinski definition) is 0. The summed E-state index contributed by atoms with van der Waals surface area (Å²) in [6, 6.07) is 0. The van der Waals surface area contributed by atoms with E-state index in [1.807, 2.05) is 11.8 Å². The van der Waals surface area contributed by atoms with Gasteiger partial charge in [0.25, 0.3) is 5.91 Å². The van der Waals surface area contributed by atoms with Gasteiger partial charge in [0.1, 0.15) is 12.0 Å². The fraction of sp³-hybridized carbons (Fsp3) is 0.429. The lowest BCUT2D eigenvalue weighted by molar-refractivity contribution is 0.0787. The van der Waals surface area contributed by atoms with Crippen LogP contribution in [0.3, 0.4) is 0 Å². The van der Waals surface area contributed by atoms with E-state index in [-0.39, 0.29) is 5.91 Å². The molecule has 21 heavy (non-hydrogen) atoms. The average molecular weight is 287 g/mol. The first kappa shape index (κ1) is 13.5. The van der Waals surface area contributed by atoms with Crippen molar-refractivity contribution >= 4 is 5.91 Å². The minimum atomic E-state index is -0.0276. The highest BCUT2D eigenvalue weighted by molar-refractivity contribution is 5.92. The molecule has 1 amide bonds. The van der Waals surface area contributed by atoms with Gasteiger partial charge in [0.05, 0.1) is 19.0 Å². The fourth-order valence-corrected chi connectivity index (χ4v) is 2.32. The van der Waals surface area contributed by atoms with E-state index in [0.717, 1.165) is 25.9 Å². The molecular weight excluding hydrogens is 270 g/mol. The molecule has 3 heterocycles. The maximum absolute atomic E-state index is 12.3. The number of amides is 1. The van der Waals surface area contributed by atoms with Crippen LogP contribution in [-0.4, -0.2) is 50.0 Å². The van der Waals surface area contributed by atoms with Gasteiger partial charge in [-0.2, -0.15) is 4.98 Å². The van der Waals surface area contributed by atoms with Crippen molar-refractivity contribution in [1.29, 1.82) is 0 Å². The summed E-state index contributed by atoms with van der Waals surface area (Å²) in [5.41, 5.74) is 0.431. The Morgan fingerprint density at radius 3 is 2.90 bits per heavy atom. The van der Waals surface area contributed by atoms with E-state index in [9.17, 15) is 4.79 Å². The quantitative estimate of drug-likeness (QED) is 0.847. The van der Waals surface area contributed by atoms with E-state index in [1.54, 1.807) is 29.5 Å². The van der Waals surface area contributed by atoms with Crippen LogP contribution < -0.4 is 4.74 Å². The summed E-state index contributed by atoms with van der Waals surface area (Å²) in [6.07, 6.45) is 8.54. The topological polar surface area (TPSA) is 73.1 Å². The average Bonchev–Trinajstić information content (AvgIpc) is 3.19. The third kappa shape index (κ3) is 2.86. The molecule has 1 aliphatic heterocycles. The monoisotopic (exact) mass is 287 g/mol. The summed E-state index contributed by atoms with van der Waals surface area (Å²) < 4.78 is 7.00. The molecule has 2 aromatic rings. The van der Waals surface area contributed by atoms with Crippen molar-refractivity contribution < 1.29 is 9.53 Å². The van der Waals surface area contributed by atoms with Crippen LogP contribution in [0.25, 0.3) is 5.82 Å². The van der Waals surface area contributed by atoms with Gasteiger partial charge in [-0.1, -0.05) is 0 Å². The molecule has 110 valence electrons. The molecule has 0 radical (unpaired) electrons. The molecule has 0 N–H and O–H groups in total. The molecule has 1 fully saturated rings. The van der Waals surface area contributed by atoms with E-state index in [2.05, 4.69) is 15.0 Å². The largest absolute Gasteiger partial charge is 0.477 e. The molecule has 0 saturated carbocycles. The van der Waals surface area contributed by atoms with Gasteiger partial charge in [0.15, 0.2) is 5.82 Å². The lowest BCUT2D eigenvalue weighted by atomic mass is 10.4. The molecule has 7 nitrogen and oxygen atoms in total. The van der Waals surface area contributed by atoms with Crippen LogP contribution in [0.5, 0.6) is 5.88 Å². The van der Waals surface area contributed by atoms with Crippen LogP contribution in [0, 0.1) is 0 Å². The summed E-state index contributed by atoms with van der Waals surface area (Å²) in [5.74, 6) is 1.00. The number of carbonyl (C=O) groups is 1. The third-order valence-corrected chi connectivity index (χ3v) is 3.35. The number of aromatic nitrogens is 4. The SMILES string of the molecule is CCOc1cncc(-n2cnc(C(=O)N3CCCC3)c2)n1. The van der Waals surface area contributed by atoms with Gasteiger partial charge in [0.2, 0.25) is 5.88 Å². The number of likely N-dealkylation sites (tertiary alicyclic amines) is 1. The Labute approximate surface area is 122 Å². The van der Waals surface area contributed by atoms with Crippen LogP contribution in [0.2, 0.25) is 0 Å². The van der Waals surface area contributed by atoms with Crippen molar-refractivity contribution in [3.05, 3.63) is 30.6 Å². The molecular formula is C14H17N5O2. The fourth-order valence-electron chi connectivity index (χ4n) is 2.32. The van der Waals surface area contributed by atoms with Gasteiger partial charge in [-0.15, -0.1) is 0 Å². The first-order valence-corrected chi connectivity index (χ1v) is 7.06. The molecule has 0 atom stereocenters. The standard InChI is InChI=1S/C14H17N5O2/c1-2-21-13-8-15-7-12(17-13)19-9-11(16-10-19)14(20)18-5-3-4-6-18/h7-10H,2-6H2,1H3. The second-order valence-electron chi connectivity index (χ2n) is 4.81. The lowest BCUT2D eigenvalue weighted by Gasteiger charge is -2.12. The van der Waals surface area contributed by atoms with Gasteiger partial charge in [-0.3, -0.25) is 14.3 Å². The van der Waals surface area contributed by atoms with E-state index in [1.165, 1.54) is 0 Å². The second kappa shape index (κ2) is 5.90. The number of ether oxygens (including phenoxy) is 1. The predicted molar refractivity (Wildman–Crippen MR) is 75.5 cm³/mol. The highest BCUT2D eigenvalue weighted by atomic mass is 16.5. The Balaban J connectivity index is 1.81. The van der Waals surface area contributed by atoms with Gasteiger partial charge < -0.3 is 9.64 Å². The Hall–Kier alpha value is -2.44. The summed E-state index contributed by atoms with van der Waals surface area (Å²) >= 11 is 0. The Morgan fingerprint density at radius 1 is 1.33 bits per heavy atom. The van der Waals surface area contributed by atoms with Crippen LogP contribution in [0.4, 0.5) is 0 Å².